The van der Waals surface area contributed by atoms with Crippen molar-refractivity contribution in [2.24, 2.45) is 0 Å². The van der Waals surface area contributed by atoms with E-state index in [4.69, 9.17) is 15.0 Å². The Morgan fingerprint density at radius 1 is 0.367 bits per heavy atom. The lowest BCUT2D eigenvalue weighted by atomic mass is 10.0. The molecule has 5 nitrogen and oxygen atoms in total. The minimum atomic E-state index is 0.0284. The Hall–Kier alpha value is -8.02. The normalized spacial score (nSPS) is 13.2. The maximum atomic E-state index is 5.30. The van der Waals surface area contributed by atoms with E-state index in [2.05, 4.69) is 216 Å². The number of hydrogen-bond donors (Lipinski definition) is 0. The molecule has 0 fully saturated rings. The lowest BCUT2D eigenvalue weighted by Gasteiger charge is -2.13. The third-order valence-corrected chi connectivity index (χ3v) is 12.0. The Morgan fingerprint density at radius 2 is 0.967 bits per heavy atom. The number of para-hydroxylation sites is 1. The highest BCUT2D eigenvalue weighted by Gasteiger charge is 2.35. The third kappa shape index (κ3) is 5.63. The molecule has 280 valence electrons. The van der Waals surface area contributed by atoms with E-state index < -0.39 is 0 Å². The van der Waals surface area contributed by atoms with Gasteiger partial charge in [0.05, 0.1) is 11.0 Å². The first-order valence-electron chi connectivity index (χ1n) is 20.4. The first-order chi connectivity index (χ1) is 29.7. The highest BCUT2D eigenvalue weighted by atomic mass is 15.0. The summed E-state index contributed by atoms with van der Waals surface area (Å²) in [4.78, 5) is 15.8. The van der Waals surface area contributed by atoms with Gasteiger partial charge in [0.1, 0.15) is 0 Å². The van der Waals surface area contributed by atoms with Crippen molar-refractivity contribution < 1.29 is 4.57 Å². The SMILES string of the molecule is c1ccc(-c2cccc(-c3nc(-c4cccc(-n5c6ccccc6c6cc7ccccc7cc65)c4)nc(-c4ccc5c(c4)C([n+]4ccccc4)c4ccccc4-5)n3)c2)cc1. The van der Waals surface area contributed by atoms with E-state index in [-0.39, 0.29) is 6.04 Å². The number of hydrogen-bond acceptors (Lipinski definition) is 3. The predicted molar refractivity (Wildman–Crippen MR) is 243 cm³/mol. The van der Waals surface area contributed by atoms with Crippen molar-refractivity contribution in [3.8, 4) is 62.1 Å². The second kappa shape index (κ2) is 13.8. The van der Waals surface area contributed by atoms with E-state index in [1.165, 1.54) is 43.8 Å². The molecule has 8 aromatic carbocycles. The number of benzene rings is 8. The zero-order valence-corrected chi connectivity index (χ0v) is 32.5. The summed E-state index contributed by atoms with van der Waals surface area (Å²) in [6.45, 7) is 0. The summed E-state index contributed by atoms with van der Waals surface area (Å²) in [6.07, 6.45) is 4.30. The lowest BCUT2D eigenvalue weighted by Crippen LogP contribution is -2.38. The van der Waals surface area contributed by atoms with Crippen molar-refractivity contribution in [1.29, 1.82) is 0 Å². The smallest absolute Gasteiger partial charge is 0.210 e. The van der Waals surface area contributed by atoms with Crippen molar-refractivity contribution in [3.05, 3.63) is 224 Å². The Balaban J connectivity index is 1.05. The van der Waals surface area contributed by atoms with E-state index in [1.807, 2.05) is 6.07 Å². The van der Waals surface area contributed by atoms with Crippen LogP contribution in [0.3, 0.4) is 0 Å². The molecule has 12 rings (SSSR count). The zero-order chi connectivity index (χ0) is 39.6. The highest BCUT2D eigenvalue weighted by Crippen LogP contribution is 2.44. The lowest BCUT2D eigenvalue weighted by molar-refractivity contribution is -0.704. The van der Waals surface area contributed by atoms with Gasteiger partial charge in [0.15, 0.2) is 29.9 Å². The van der Waals surface area contributed by atoms with Crippen molar-refractivity contribution in [1.82, 2.24) is 19.5 Å². The van der Waals surface area contributed by atoms with E-state index in [1.54, 1.807) is 0 Å². The maximum Gasteiger partial charge on any atom is 0.210 e. The molecule has 0 amide bonds. The van der Waals surface area contributed by atoms with Gasteiger partial charge in [-0.3, -0.25) is 0 Å². The number of fused-ring (bicyclic) bond motifs is 7. The maximum absolute atomic E-state index is 5.30. The Bertz CT molecular complexity index is 3440. The van der Waals surface area contributed by atoms with Crippen molar-refractivity contribution >= 4 is 32.6 Å². The van der Waals surface area contributed by atoms with Crippen LogP contribution >= 0.6 is 0 Å². The summed E-state index contributed by atoms with van der Waals surface area (Å²) in [5.74, 6) is 1.87. The Kier molecular flexibility index (Phi) is 7.85. The molecule has 1 unspecified atom stereocenters. The van der Waals surface area contributed by atoms with E-state index in [9.17, 15) is 0 Å². The second-order valence-electron chi connectivity index (χ2n) is 15.5. The molecule has 3 aromatic heterocycles. The molecule has 0 saturated carbocycles. The number of nitrogens with zero attached hydrogens (tertiary/aromatic N) is 5. The van der Waals surface area contributed by atoms with Gasteiger partial charge < -0.3 is 4.57 Å². The van der Waals surface area contributed by atoms with Crippen LogP contribution in [0.5, 0.6) is 0 Å². The molecule has 0 bridgehead atoms. The van der Waals surface area contributed by atoms with Gasteiger partial charge in [-0.25, -0.2) is 15.0 Å². The first kappa shape index (κ1) is 34.1. The molecule has 0 saturated heterocycles. The van der Waals surface area contributed by atoms with Crippen LogP contribution < -0.4 is 4.57 Å². The summed E-state index contributed by atoms with van der Waals surface area (Å²) in [7, 11) is 0. The van der Waals surface area contributed by atoms with Crippen LogP contribution in [0, 0.1) is 0 Å². The van der Waals surface area contributed by atoms with Gasteiger partial charge in [-0.05, 0) is 75.5 Å². The molecule has 60 heavy (non-hydrogen) atoms. The summed E-state index contributed by atoms with van der Waals surface area (Å²) in [5, 5.41) is 4.88. The largest absolute Gasteiger partial charge is 0.309 e. The van der Waals surface area contributed by atoms with Crippen LogP contribution in [0.2, 0.25) is 0 Å². The van der Waals surface area contributed by atoms with Crippen LogP contribution in [0.15, 0.2) is 213 Å². The van der Waals surface area contributed by atoms with Gasteiger partial charge >= 0.3 is 0 Å². The zero-order valence-electron chi connectivity index (χ0n) is 32.5. The topological polar surface area (TPSA) is 47.5 Å². The molecule has 3 heterocycles. The minimum absolute atomic E-state index is 0.0284. The molecular formula is C55H36N5+. The van der Waals surface area contributed by atoms with Crippen LogP contribution in [0.1, 0.15) is 17.2 Å². The van der Waals surface area contributed by atoms with Gasteiger partial charge in [0, 0.05) is 56.4 Å². The second-order valence-corrected chi connectivity index (χ2v) is 15.5. The molecule has 0 radical (unpaired) electrons. The Labute approximate surface area is 347 Å². The van der Waals surface area contributed by atoms with Gasteiger partial charge in [-0.15, -0.1) is 0 Å². The average Bonchev–Trinajstić information content (AvgIpc) is 3.83. The number of rotatable bonds is 6. The van der Waals surface area contributed by atoms with Crippen LogP contribution in [-0.2, 0) is 0 Å². The van der Waals surface area contributed by atoms with Gasteiger partial charge in [-0.2, -0.15) is 4.57 Å². The molecule has 1 aliphatic rings. The average molecular weight is 767 g/mol. The van der Waals surface area contributed by atoms with Crippen molar-refractivity contribution in [2.45, 2.75) is 6.04 Å². The van der Waals surface area contributed by atoms with E-state index in [0.29, 0.717) is 17.5 Å². The van der Waals surface area contributed by atoms with E-state index in [0.717, 1.165) is 44.5 Å². The highest BCUT2D eigenvalue weighted by molar-refractivity contribution is 6.13. The van der Waals surface area contributed by atoms with Crippen LogP contribution in [-0.4, -0.2) is 19.5 Å². The number of pyridine rings is 1. The monoisotopic (exact) mass is 766 g/mol. The predicted octanol–water partition coefficient (Wildman–Crippen LogP) is 12.7. The molecular weight excluding hydrogens is 731 g/mol. The quantitative estimate of drug-likeness (QED) is 0.158. The minimum Gasteiger partial charge on any atom is -0.309 e. The van der Waals surface area contributed by atoms with Gasteiger partial charge in [0.25, 0.3) is 0 Å². The van der Waals surface area contributed by atoms with Crippen molar-refractivity contribution in [3.63, 3.8) is 0 Å². The van der Waals surface area contributed by atoms with Gasteiger partial charge in [-0.1, -0.05) is 146 Å². The van der Waals surface area contributed by atoms with E-state index >= 15 is 0 Å². The molecule has 1 atom stereocenters. The summed E-state index contributed by atoms with van der Waals surface area (Å²) in [6, 6.07) is 71.1. The Morgan fingerprint density at radius 3 is 1.78 bits per heavy atom. The summed E-state index contributed by atoms with van der Waals surface area (Å²) >= 11 is 0. The standard InChI is InChI=1S/C55H36N5/c1-3-15-36(16-4-1)37-19-13-20-40(31-37)53-56-54(58-55(57-53)42-27-28-45-44-23-7-8-25-47(44)52(49(45)34-42)59-29-11-2-12-30-59)41-21-14-22-43(32-41)60-50-26-10-9-24-46(50)48-33-38-17-5-6-18-39(38)35-51(48)60/h1-35,52H/q+1. The third-order valence-electron chi connectivity index (χ3n) is 12.0. The molecule has 0 aliphatic heterocycles. The molecule has 0 spiro atoms. The molecule has 0 N–H and O–H groups in total. The van der Waals surface area contributed by atoms with Crippen LogP contribution in [0.4, 0.5) is 0 Å². The fourth-order valence-electron chi connectivity index (χ4n) is 9.18. The molecule has 11 aromatic rings. The van der Waals surface area contributed by atoms with Gasteiger partial charge in [0.2, 0.25) is 6.04 Å². The summed E-state index contributed by atoms with van der Waals surface area (Å²) < 4.78 is 4.66. The van der Waals surface area contributed by atoms with Crippen LogP contribution in [0.25, 0.3) is 94.7 Å². The van der Waals surface area contributed by atoms with Crippen molar-refractivity contribution in [2.75, 3.05) is 0 Å². The number of aromatic nitrogens is 5. The fraction of sp³-hybridized carbons (Fsp3) is 0.0182. The first-order valence-corrected chi connectivity index (χ1v) is 20.4. The molecule has 1 aliphatic carbocycles. The molecule has 5 heteroatoms. The summed E-state index contributed by atoms with van der Waals surface area (Å²) in [5.41, 5.74) is 13.4. The fourth-order valence-corrected chi connectivity index (χ4v) is 9.18.